The SMILES string of the molecule is NCC(N)(O)c1ccccc1. The highest BCUT2D eigenvalue weighted by Gasteiger charge is 2.20. The first-order valence-corrected chi connectivity index (χ1v) is 3.43. The lowest BCUT2D eigenvalue weighted by atomic mass is 10.0. The smallest absolute Gasteiger partial charge is 0.151 e. The molecule has 0 heterocycles. The molecule has 0 amide bonds. The fourth-order valence-corrected chi connectivity index (χ4v) is 0.845. The van der Waals surface area contributed by atoms with E-state index in [2.05, 4.69) is 0 Å². The van der Waals surface area contributed by atoms with Crippen LogP contribution in [0.5, 0.6) is 0 Å². The summed E-state index contributed by atoms with van der Waals surface area (Å²) in [4.78, 5) is 0. The zero-order valence-electron chi connectivity index (χ0n) is 6.20. The number of aliphatic hydroxyl groups is 1. The van der Waals surface area contributed by atoms with Gasteiger partial charge in [-0.1, -0.05) is 30.3 Å². The second-order valence-corrected chi connectivity index (χ2v) is 2.49. The van der Waals surface area contributed by atoms with Crippen LogP contribution >= 0.6 is 0 Å². The molecule has 0 fully saturated rings. The highest BCUT2D eigenvalue weighted by molar-refractivity contribution is 5.21. The molecule has 0 aliphatic rings. The van der Waals surface area contributed by atoms with Gasteiger partial charge in [0.1, 0.15) is 0 Å². The minimum atomic E-state index is -1.39. The van der Waals surface area contributed by atoms with Crippen LogP contribution in [-0.4, -0.2) is 11.7 Å². The number of benzene rings is 1. The molecular weight excluding hydrogens is 140 g/mol. The van der Waals surface area contributed by atoms with Gasteiger partial charge in [0.05, 0.1) is 0 Å². The van der Waals surface area contributed by atoms with E-state index in [9.17, 15) is 5.11 Å². The van der Waals surface area contributed by atoms with E-state index in [1.165, 1.54) is 0 Å². The predicted octanol–water partition coefficient (Wildman–Crippen LogP) is -0.251. The van der Waals surface area contributed by atoms with Gasteiger partial charge in [-0.15, -0.1) is 0 Å². The minimum Gasteiger partial charge on any atom is -0.370 e. The van der Waals surface area contributed by atoms with Crippen molar-refractivity contribution in [3.63, 3.8) is 0 Å². The van der Waals surface area contributed by atoms with E-state index >= 15 is 0 Å². The van der Waals surface area contributed by atoms with Gasteiger partial charge in [-0.05, 0) is 5.56 Å². The van der Waals surface area contributed by atoms with E-state index in [1.807, 2.05) is 18.2 Å². The maximum Gasteiger partial charge on any atom is 0.151 e. The fraction of sp³-hybridized carbons (Fsp3) is 0.250. The molecule has 11 heavy (non-hydrogen) atoms. The van der Waals surface area contributed by atoms with Gasteiger partial charge in [-0.2, -0.15) is 0 Å². The number of hydrogen-bond acceptors (Lipinski definition) is 3. The zero-order chi connectivity index (χ0) is 8.32. The highest BCUT2D eigenvalue weighted by Crippen LogP contribution is 2.11. The summed E-state index contributed by atoms with van der Waals surface area (Å²) in [6.45, 7) is 0.0248. The zero-order valence-corrected chi connectivity index (χ0v) is 6.20. The van der Waals surface area contributed by atoms with Gasteiger partial charge in [-0.25, -0.2) is 0 Å². The molecule has 0 aromatic heterocycles. The van der Waals surface area contributed by atoms with E-state index in [4.69, 9.17) is 11.5 Å². The second-order valence-electron chi connectivity index (χ2n) is 2.49. The Labute approximate surface area is 65.6 Å². The summed E-state index contributed by atoms with van der Waals surface area (Å²) in [7, 11) is 0. The lowest BCUT2D eigenvalue weighted by Gasteiger charge is -2.20. The molecular formula is C8H12N2O. The Balaban J connectivity index is 2.93. The standard InChI is InChI=1S/C8H12N2O/c9-6-8(10,11)7-4-2-1-3-5-7/h1-5,11H,6,9-10H2. The Morgan fingerprint density at radius 1 is 1.27 bits per heavy atom. The summed E-state index contributed by atoms with van der Waals surface area (Å²) in [6, 6.07) is 8.96. The maximum atomic E-state index is 9.45. The van der Waals surface area contributed by atoms with E-state index in [-0.39, 0.29) is 6.54 Å². The number of hydrogen-bond donors (Lipinski definition) is 3. The third-order valence-electron chi connectivity index (χ3n) is 1.58. The molecule has 3 nitrogen and oxygen atoms in total. The lowest BCUT2D eigenvalue weighted by Crippen LogP contribution is -2.43. The Morgan fingerprint density at radius 3 is 2.27 bits per heavy atom. The van der Waals surface area contributed by atoms with Crippen molar-refractivity contribution >= 4 is 0 Å². The van der Waals surface area contributed by atoms with Crippen LogP contribution in [0.25, 0.3) is 0 Å². The van der Waals surface area contributed by atoms with Crippen molar-refractivity contribution < 1.29 is 5.11 Å². The molecule has 1 rings (SSSR count). The van der Waals surface area contributed by atoms with Crippen LogP contribution < -0.4 is 11.5 Å². The molecule has 0 bridgehead atoms. The van der Waals surface area contributed by atoms with E-state index in [0.29, 0.717) is 5.56 Å². The van der Waals surface area contributed by atoms with Crippen molar-refractivity contribution in [3.05, 3.63) is 35.9 Å². The van der Waals surface area contributed by atoms with Crippen LogP contribution in [0.15, 0.2) is 30.3 Å². The molecule has 5 N–H and O–H groups in total. The molecule has 0 spiro atoms. The largest absolute Gasteiger partial charge is 0.370 e. The third kappa shape index (κ3) is 1.77. The van der Waals surface area contributed by atoms with Crippen LogP contribution in [0, 0.1) is 0 Å². The van der Waals surface area contributed by atoms with Gasteiger partial charge in [0.15, 0.2) is 5.72 Å². The van der Waals surface area contributed by atoms with E-state index in [0.717, 1.165) is 0 Å². The Morgan fingerprint density at radius 2 is 1.82 bits per heavy atom. The van der Waals surface area contributed by atoms with Gasteiger partial charge in [0.25, 0.3) is 0 Å². The molecule has 0 saturated carbocycles. The molecule has 0 aliphatic carbocycles. The quantitative estimate of drug-likeness (QED) is 0.512. The maximum absolute atomic E-state index is 9.45. The van der Waals surface area contributed by atoms with Crippen molar-refractivity contribution in [1.82, 2.24) is 0 Å². The second kappa shape index (κ2) is 3.00. The first-order chi connectivity index (χ1) is 5.17. The molecule has 1 aromatic rings. The Kier molecular flexibility index (Phi) is 2.24. The van der Waals surface area contributed by atoms with E-state index < -0.39 is 5.72 Å². The lowest BCUT2D eigenvalue weighted by molar-refractivity contribution is 0.0531. The molecule has 3 heteroatoms. The van der Waals surface area contributed by atoms with Crippen molar-refractivity contribution in [2.45, 2.75) is 5.72 Å². The summed E-state index contributed by atoms with van der Waals surface area (Å²) in [6.07, 6.45) is 0. The van der Waals surface area contributed by atoms with Crippen molar-refractivity contribution in [3.8, 4) is 0 Å². The monoisotopic (exact) mass is 152 g/mol. The van der Waals surface area contributed by atoms with Crippen molar-refractivity contribution in [2.24, 2.45) is 11.5 Å². The fourth-order valence-electron chi connectivity index (χ4n) is 0.845. The third-order valence-corrected chi connectivity index (χ3v) is 1.58. The Hall–Kier alpha value is -0.900. The molecule has 60 valence electrons. The van der Waals surface area contributed by atoms with Crippen LogP contribution in [0.2, 0.25) is 0 Å². The summed E-state index contributed by atoms with van der Waals surface area (Å²) in [5, 5.41) is 9.45. The normalized spacial score (nSPS) is 15.9. The predicted molar refractivity (Wildman–Crippen MR) is 43.6 cm³/mol. The molecule has 0 radical (unpaired) electrons. The molecule has 1 atom stereocenters. The average Bonchev–Trinajstić information content (AvgIpc) is 2.06. The van der Waals surface area contributed by atoms with Gasteiger partial charge < -0.3 is 10.8 Å². The number of rotatable bonds is 2. The Bertz CT molecular complexity index is 221. The van der Waals surface area contributed by atoms with Crippen molar-refractivity contribution in [1.29, 1.82) is 0 Å². The highest BCUT2D eigenvalue weighted by atomic mass is 16.3. The first kappa shape index (κ1) is 8.20. The molecule has 1 unspecified atom stereocenters. The van der Waals surface area contributed by atoms with Crippen LogP contribution in [0.1, 0.15) is 5.56 Å². The molecule has 0 saturated heterocycles. The van der Waals surface area contributed by atoms with Gasteiger partial charge >= 0.3 is 0 Å². The topological polar surface area (TPSA) is 72.3 Å². The van der Waals surface area contributed by atoms with Crippen LogP contribution in [0.4, 0.5) is 0 Å². The minimum absolute atomic E-state index is 0.0248. The summed E-state index contributed by atoms with van der Waals surface area (Å²) < 4.78 is 0. The number of nitrogens with two attached hydrogens (primary N) is 2. The summed E-state index contributed by atoms with van der Waals surface area (Å²) >= 11 is 0. The molecule has 0 aliphatic heterocycles. The van der Waals surface area contributed by atoms with Crippen molar-refractivity contribution in [2.75, 3.05) is 6.54 Å². The average molecular weight is 152 g/mol. The van der Waals surface area contributed by atoms with Crippen LogP contribution in [0.3, 0.4) is 0 Å². The van der Waals surface area contributed by atoms with E-state index in [1.54, 1.807) is 12.1 Å². The van der Waals surface area contributed by atoms with Gasteiger partial charge in [0, 0.05) is 6.54 Å². The summed E-state index contributed by atoms with van der Waals surface area (Å²) in [5.41, 5.74) is 9.98. The first-order valence-electron chi connectivity index (χ1n) is 3.43. The van der Waals surface area contributed by atoms with Crippen LogP contribution in [-0.2, 0) is 5.72 Å². The van der Waals surface area contributed by atoms with Gasteiger partial charge in [-0.3, -0.25) is 5.73 Å². The molecule has 1 aromatic carbocycles. The van der Waals surface area contributed by atoms with Gasteiger partial charge in [0.2, 0.25) is 0 Å². The summed E-state index contributed by atoms with van der Waals surface area (Å²) in [5.74, 6) is 0.